The highest BCUT2D eigenvalue weighted by Gasteiger charge is 2.31. The molecule has 1 aliphatic rings. The van der Waals surface area contributed by atoms with Gasteiger partial charge in [-0.05, 0) is 26.0 Å². The highest BCUT2D eigenvalue weighted by molar-refractivity contribution is 5.27. The molecule has 0 radical (unpaired) electrons. The van der Waals surface area contributed by atoms with E-state index in [-0.39, 0.29) is 11.9 Å². The molecule has 2 atom stereocenters. The van der Waals surface area contributed by atoms with Crippen molar-refractivity contribution >= 4 is 0 Å². The summed E-state index contributed by atoms with van der Waals surface area (Å²) in [6.45, 7) is 6.64. The van der Waals surface area contributed by atoms with Crippen LogP contribution >= 0.6 is 0 Å². The summed E-state index contributed by atoms with van der Waals surface area (Å²) in [5.74, 6) is 0.232. The lowest BCUT2D eigenvalue weighted by atomic mass is 9.94. The van der Waals surface area contributed by atoms with Crippen LogP contribution in [0.3, 0.4) is 0 Å². The molecule has 1 aliphatic heterocycles. The predicted octanol–water partition coefficient (Wildman–Crippen LogP) is 2.82. The number of halogens is 1. The van der Waals surface area contributed by atoms with E-state index >= 15 is 0 Å². The van der Waals surface area contributed by atoms with Crippen molar-refractivity contribution in [1.82, 2.24) is 5.32 Å². The van der Waals surface area contributed by atoms with E-state index in [9.17, 15) is 4.39 Å². The molecule has 0 aromatic heterocycles. The van der Waals surface area contributed by atoms with E-state index in [0.717, 1.165) is 31.7 Å². The third-order valence-corrected chi connectivity index (χ3v) is 3.33. The van der Waals surface area contributed by atoms with Gasteiger partial charge in [0, 0.05) is 24.6 Å². The Balaban J connectivity index is 2.16. The molecule has 94 valence electrons. The van der Waals surface area contributed by atoms with Gasteiger partial charge in [-0.15, -0.1) is 0 Å². The van der Waals surface area contributed by atoms with E-state index < -0.39 is 0 Å². The van der Waals surface area contributed by atoms with Gasteiger partial charge in [-0.1, -0.05) is 24.6 Å². The fourth-order valence-electron chi connectivity index (χ4n) is 2.40. The standard InChI is InChI=1S/C14H20FNO/c1-3-16-9-11-6-7-17-14(11)12-8-10(2)4-5-13(12)15/h4-5,8,11,14,16H,3,6-7,9H2,1-2H3. The highest BCUT2D eigenvalue weighted by Crippen LogP contribution is 2.35. The first-order valence-electron chi connectivity index (χ1n) is 6.30. The molecule has 0 amide bonds. The van der Waals surface area contributed by atoms with Gasteiger partial charge in [0.2, 0.25) is 0 Å². The molecule has 0 spiro atoms. The van der Waals surface area contributed by atoms with Crippen LogP contribution in [0.1, 0.15) is 30.6 Å². The molecular weight excluding hydrogens is 217 g/mol. The van der Waals surface area contributed by atoms with Crippen molar-refractivity contribution in [2.45, 2.75) is 26.4 Å². The Morgan fingerprint density at radius 1 is 1.47 bits per heavy atom. The summed E-state index contributed by atoms with van der Waals surface area (Å²) in [5.41, 5.74) is 1.80. The number of rotatable bonds is 4. The monoisotopic (exact) mass is 237 g/mol. The zero-order chi connectivity index (χ0) is 12.3. The summed E-state index contributed by atoms with van der Waals surface area (Å²) in [6.07, 6.45) is 0.916. The van der Waals surface area contributed by atoms with Crippen molar-refractivity contribution in [2.75, 3.05) is 19.7 Å². The summed E-state index contributed by atoms with van der Waals surface area (Å²) in [4.78, 5) is 0. The number of benzene rings is 1. The number of nitrogens with one attached hydrogen (secondary N) is 1. The maximum absolute atomic E-state index is 13.8. The second kappa shape index (κ2) is 5.61. The molecule has 0 saturated carbocycles. The maximum atomic E-state index is 13.8. The average molecular weight is 237 g/mol. The molecule has 1 aromatic carbocycles. The van der Waals surface area contributed by atoms with Gasteiger partial charge in [0.25, 0.3) is 0 Å². The summed E-state index contributed by atoms with van der Waals surface area (Å²) >= 11 is 0. The molecule has 1 fully saturated rings. The van der Waals surface area contributed by atoms with Gasteiger partial charge in [-0.3, -0.25) is 0 Å². The summed E-state index contributed by atoms with van der Waals surface area (Å²) in [5, 5.41) is 3.32. The van der Waals surface area contributed by atoms with E-state index in [1.165, 1.54) is 6.07 Å². The van der Waals surface area contributed by atoms with Gasteiger partial charge in [0.05, 0.1) is 6.10 Å². The third-order valence-electron chi connectivity index (χ3n) is 3.33. The smallest absolute Gasteiger partial charge is 0.129 e. The fraction of sp³-hybridized carbons (Fsp3) is 0.571. The Morgan fingerprint density at radius 2 is 2.29 bits per heavy atom. The molecule has 2 rings (SSSR count). The molecule has 2 nitrogen and oxygen atoms in total. The lowest BCUT2D eigenvalue weighted by molar-refractivity contribution is 0.0876. The molecule has 1 saturated heterocycles. The topological polar surface area (TPSA) is 21.3 Å². The second-order valence-electron chi connectivity index (χ2n) is 4.67. The lowest BCUT2D eigenvalue weighted by Gasteiger charge is -2.20. The quantitative estimate of drug-likeness (QED) is 0.869. The first-order chi connectivity index (χ1) is 8.22. The van der Waals surface area contributed by atoms with Gasteiger partial charge in [0.15, 0.2) is 0 Å². The summed E-state index contributed by atoms with van der Waals surface area (Å²) in [6, 6.07) is 5.24. The zero-order valence-corrected chi connectivity index (χ0v) is 10.5. The van der Waals surface area contributed by atoms with Crippen LogP contribution < -0.4 is 5.32 Å². The highest BCUT2D eigenvalue weighted by atomic mass is 19.1. The minimum atomic E-state index is -0.149. The normalized spacial score (nSPS) is 24.2. The average Bonchev–Trinajstić information content (AvgIpc) is 2.77. The number of hydrogen-bond donors (Lipinski definition) is 1. The van der Waals surface area contributed by atoms with Crippen LogP contribution in [0.2, 0.25) is 0 Å². The van der Waals surface area contributed by atoms with Gasteiger partial charge in [-0.2, -0.15) is 0 Å². The van der Waals surface area contributed by atoms with Crippen LogP contribution in [0.15, 0.2) is 18.2 Å². The largest absolute Gasteiger partial charge is 0.373 e. The Labute approximate surface area is 102 Å². The van der Waals surface area contributed by atoms with Crippen LogP contribution in [0.25, 0.3) is 0 Å². The number of ether oxygens (including phenoxy) is 1. The molecule has 2 unspecified atom stereocenters. The molecule has 1 N–H and O–H groups in total. The van der Waals surface area contributed by atoms with E-state index in [1.54, 1.807) is 6.07 Å². The van der Waals surface area contributed by atoms with Crippen molar-refractivity contribution in [2.24, 2.45) is 5.92 Å². The van der Waals surface area contributed by atoms with Crippen molar-refractivity contribution in [3.63, 3.8) is 0 Å². The lowest BCUT2D eigenvalue weighted by Crippen LogP contribution is -2.25. The van der Waals surface area contributed by atoms with E-state index in [1.807, 2.05) is 13.0 Å². The predicted molar refractivity (Wildman–Crippen MR) is 66.5 cm³/mol. The Bertz CT molecular complexity index is 380. The van der Waals surface area contributed by atoms with Gasteiger partial charge in [0.1, 0.15) is 5.82 Å². The van der Waals surface area contributed by atoms with Gasteiger partial charge < -0.3 is 10.1 Å². The van der Waals surface area contributed by atoms with Crippen molar-refractivity contribution in [3.8, 4) is 0 Å². The molecule has 3 heteroatoms. The fourth-order valence-corrected chi connectivity index (χ4v) is 2.40. The van der Waals surface area contributed by atoms with Gasteiger partial charge in [-0.25, -0.2) is 4.39 Å². The first-order valence-corrected chi connectivity index (χ1v) is 6.30. The zero-order valence-electron chi connectivity index (χ0n) is 10.5. The number of hydrogen-bond acceptors (Lipinski definition) is 2. The second-order valence-corrected chi connectivity index (χ2v) is 4.67. The van der Waals surface area contributed by atoms with E-state index in [4.69, 9.17) is 4.74 Å². The SMILES string of the molecule is CCNCC1CCOC1c1cc(C)ccc1F. The van der Waals surface area contributed by atoms with E-state index in [0.29, 0.717) is 11.5 Å². The van der Waals surface area contributed by atoms with Crippen molar-refractivity contribution in [1.29, 1.82) is 0 Å². The molecule has 1 aromatic rings. The molecule has 0 bridgehead atoms. The molecule has 17 heavy (non-hydrogen) atoms. The van der Waals surface area contributed by atoms with Crippen LogP contribution in [-0.2, 0) is 4.74 Å². The van der Waals surface area contributed by atoms with Crippen molar-refractivity contribution in [3.05, 3.63) is 35.1 Å². The summed E-state index contributed by atoms with van der Waals surface area (Å²) < 4.78 is 19.5. The molecular formula is C14H20FNO. The van der Waals surface area contributed by atoms with Crippen molar-refractivity contribution < 1.29 is 9.13 Å². The van der Waals surface area contributed by atoms with E-state index in [2.05, 4.69) is 12.2 Å². The maximum Gasteiger partial charge on any atom is 0.129 e. The Morgan fingerprint density at radius 3 is 3.06 bits per heavy atom. The molecule has 1 heterocycles. The Hall–Kier alpha value is -0.930. The van der Waals surface area contributed by atoms with Crippen LogP contribution in [0.5, 0.6) is 0 Å². The Kier molecular flexibility index (Phi) is 4.13. The third kappa shape index (κ3) is 2.85. The summed E-state index contributed by atoms with van der Waals surface area (Å²) in [7, 11) is 0. The minimum Gasteiger partial charge on any atom is -0.373 e. The minimum absolute atomic E-state index is 0.0889. The first kappa shape index (κ1) is 12.5. The van der Waals surface area contributed by atoms with Gasteiger partial charge >= 0.3 is 0 Å². The van der Waals surface area contributed by atoms with Crippen LogP contribution in [0.4, 0.5) is 4.39 Å². The molecule has 0 aliphatic carbocycles. The number of aryl methyl sites for hydroxylation is 1. The van der Waals surface area contributed by atoms with Crippen LogP contribution in [-0.4, -0.2) is 19.7 Å². The van der Waals surface area contributed by atoms with Crippen LogP contribution in [0, 0.1) is 18.7 Å².